The Kier molecular flexibility index (Phi) is 25.0. The lowest BCUT2D eigenvalue weighted by atomic mass is 9.54. The van der Waals surface area contributed by atoms with Crippen LogP contribution in [-0.2, 0) is 66.2 Å². The van der Waals surface area contributed by atoms with Crippen LogP contribution < -0.4 is 0 Å². The Bertz CT molecular complexity index is 4900. The topological polar surface area (TPSA) is 225 Å². The van der Waals surface area contributed by atoms with Gasteiger partial charge in [-0.25, -0.2) is 0 Å². The highest BCUT2D eigenvalue weighted by molar-refractivity contribution is 6.00. The molecule has 0 amide bonds. The predicted octanol–water partition coefficient (Wildman–Crippen LogP) is 16.7. The molecule has 3 saturated carbocycles. The molecule has 0 spiro atoms. The van der Waals surface area contributed by atoms with Crippen LogP contribution in [0.25, 0.3) is 6.08 Å². The molecule has 13 rings (SSSR count). The second-order valence-corrected chi connectivity index (χ2v) is 30.5. The molecule has 112 heavy (non-hydrogen) atoms. The number of carbonyl (C=O) groups is 5. The maximum atomic E-state index is 13.8. The van der Waals surface area contributed by atoms with Crippen molar-refractivity contribution in [1.29, 1.82) is 0 Å². The molecule has 0 bridgehead atoms. The van der Waals surface area contributed by atoms with Gasteiger partial charge in [-0.15, -0.1) is 0 Å². The molecule has 3 aromatic heterocycles. The van der Waals surface area contributed by atoms with E-state index >= 15 is 0 Å². The van der Waals surface area contributed by atoms with Crippen molar-refractivity contribution in [3.63, 3.8) is 0 Å². The number of hydrogen-bond donors (Lipinski definition) is 5. The highest BCUT2D eigenvalue weighted by atomic mass is 19.4. The Labute approximate surface area is 643 Å². The van der Waals surface area contributed by atoms with Crippen molar-refractivity contribution < 1.29 is 89.0 Å². The second kappa shape index (κ2) is 33.8. The molecular formula is C90H88F9N3O10. The minimum Gasteiger partial charge on any atom is -0.396 e. The first-order valence-electron chi connectivity index (χ1n) is 37.2. The molecule has 0 saturated heterocycles. The number of aliphatic hydroxyl groups excluding tert-OH is 2. The van der Waals surface area contributed by atoms with Gasteiger partial charge < -0.3 is 30.3 Å². The Hall–Kier alpha value is -9.97. The van der Waals surface area contributed by atoms with Crippen molar-refractivity contribution in [1.82, 2.24) is 15.0 Å². The van der Waals surface area contributed by atoms with Crippen LogP contribution in [0.5, 0.6) is 0 Å². The summed E-state index contributed by atoms with van der Waals surface area (Å²) >= 11 is 0. The van der Waals surface area contributed by atoms with E-state index in [0.29, 0.717) is 58.9 Å². The first-order chi connectivity index (χ1) is 53.2. The van der Waals surface area contributed by atoms with Gasteiger partial charge in [0.25, 0.3) is 0 Å². The SMILES string of the molecule is Cc1ncccc1CC(=O)c1ccc([C@]2(Cc3ccccc3)CC[C@](O)(C(F)(F)F)C[C@H]2C=O)c(C=O)c1.Cc1ncccc1CC(=O)c1ccc([C@]2(Cc3ccccc3)CC[C@](O)(C(F)(F)F)C[C@H]2CO)c(CO)c1.Cc1ncccc1CC(=O)c1ccc2c(c1)C=C[C@@H]1C[C@@](O)(C(F)(F)F)CC[C@@]21Cc1ccccc1. The van der Waals surface area contributed by atoms with Gasteiger partial charge in [-0.2, -0.15) is 39.5 Å². The minimum absolute atomic E-state index is 0.0309. The maximum absolute atomic E-state index is 13.8. The molecule has 9 aromatic rings. The number of carbonyl (C=O) groups excluding carboxylic acids is 5. The van der Waals surface area contributed by atoms with Crippen LogP contribution in [0.4, 0.5) is 39.5 Å². The standard InChI is InChI=1S/C30H32F3NO4.C30H28F3NO4.C30H28F3NO2/c2*1-20-22(8-5-13-34-20)15-27(37)23-9-10-26(24(14-23)18-35)28(16-21-6-3-2-4-7-21)11-12-29(38,30(31,32)33)17-25(28)19-36;1-20-22(8-5-15-34-20)17-27(35)24-10-12-26-23(16-24)9-11-25-19-29(36,30(31,32)33)14-13-28(25,26)18-21-6-3-2-4-7-21/h2-10,13-14,25,35-36,38H,11-12,15-19H2,1H3;2-10,13-14,18-19,25,38H,11-12,15-17H2,1H3;2-12,15-16,25,36H,13-14,17-19H2,1H3/t2*25-,28-,29+;25-,28+,29-/m001/s1. The fraction of sp³-hybridized carbons (Fsp3) is 0.356. The number of rotatable bonds is 21. The zero-order valence-electron chi connectivity index (χ0n) is 62.1. The fourth-order valence-corrected chi connectivity index (χ4v) is 17.4. The number of aldehydes is 2. The molecule has 586 valence electrons. The van der Waals surface area contributed by atoms with Gasteiger partial charge in [-0.05, 0) is 207 Å². The number of benzene rings is 6. The van der Waals surface area contributed by atoms with E-state index in [1.807, 2.05) is 123 Å². The third-order valence-corrected chi connectivity index (χ3v) is 23.9. The summed E-state index contributed by atoms with van der Waals surface area (Å²) in [5.41, 5.74) is 0.522. The van der Waals surface area contributed by atoms with E-state index in [0.717, 1.165) is 55.9 Å². The van der Waals surface area contributed by atoms with Crippen LogP contribution in [0.15, 0.2) is 207 Å². The van der Waals surface area contributed by atoms with Gasteiger partial charge in [0, 0.05) is 106 Å². The summed E-state index contributed by atoms with van der Waals surface area (Å²) in [6.07, 6.45) is -6.70. The van der Waals surface area contributed by atoms with Crippen molar-refractivity contribution in [2.24, 2.45) is 17.8 Å². The second-order valence-electron chi connectivity index (χ2n) is 30.5. The third-order valence-electron chi connectivity index (χ3n) is 23.9. The van der Waals surface area contributed by atoms with E-state index in [4.69, 9.17) is 0 Å². The molecule has 3 heterocycles. The number of pyridine rings is 3. The number of allylic oxidation sites excluding steroid dienone is 1. The summed E-state index contributed by atoms with van der Waals surface area (Å²) in [7, 11) is 0. The smallest absolute Gasteiger partial charge is 0.396 e. The molecule has 0 aliphatic heterocycles. The summed E-state index contributed by atoms with van der Waals surface area (Å²) < 4.78 is 124. The van der Waals surface area contributed by atoms with E-state index < -0.39 is 108 Å². The normalized spacial score (nSPS) is 24.2. The average Bonchev–Trinajstić information content (AvgIpc) is 0.729. The number of Topliss-reactive ketones (excluding diaryl/α,β-unsaturated/α-hetero) is 3. The third kappa shape index (κ3) is 17.5. The Morgan fingerprint density at radius 1 is 0.438 bits per heavy atom. The lowest BCUT2D eigenvalue weighted by Crippen LogP contribution is -2.56. The molecular weight excluding hydrogens is 1450 g/mol. The van der Waals surface area contributed by atoms with Crippen LogP contribution in [0.2, 0.25) is 0 Å². The highest BCUT2D eigenvalue weighted by Crippen LogP contribution is 2.58. The van der Waals surface area contributed by atoms with Gasteiger partial charge in [0.2, 0.25) is 0 Å². The fourth-order valence-electron chi connectivity index (χ4n) is 17.4. The van der Waals surface area contributed by atoms with Gasteiger partial charge >= 0.3 is 18.5 Å². The summed E-state index contributed by atoms with van der Waals surface area (Å²) in [6.45, 7) is 4.48. The van der Waals surface area contributed by atoms with Crippen molar-refractivity contribution in [2.45, 2.75) is 175 Å². The zero-order chi connectivity index (χ0) is 80.7. The number of hydrogen-bond acceptors (Lipinski definition) is 13. The molecule has 3 fully saturated rings. The number of halogens is 9. The highest BCUT2D eigenvalue weighted by Gasteiger charge is 2.64. The number of fused-ring (bicyclic) bond motifs is 3. The first kappa shape index (κ1) is 83.0. The molecule has 6 aromatic carbocycles. The molecule has 4 aliphatic rings. The van der Waals surface area contributed by atoms with Gasteiger partial charge in [0.15, 0.2) is 34.2 Å². The predicted molar refractivity (Wildman–Crippen MR) is 404 cm³/mol. The first-order valence-corrected chi connectivity index (χ1v) is 37.2. The molecule has 0 radical (unpaired) electrons. The Morgan fingerprint density at radius 3 is 1.26 bits per heavy atom. The summed E-state index contributed by atoms with van der Waals surface area (Å²) in [5, 5.41) is 52.2. The summed E-state index contributed by atoms with van der Waals surface area (Å²) in [5.74, 6) is -3.08. The molecule has 13 nitrogen and oxygen atoms in total. The van der Waals surface area contributed by atoms with Crippen LogP contribution in [0.3, 0.4) is 0 Å². The molecule has 9 atom stereocenters. The maximum Gasteiger partial charge on any atom is 0.417 e. The Balaban J connectivity index is 0.000000166. The monoisotopic (exact) mass is 1540 g/mol. The number of ketones is 3. The lowest BCUT2D eigenvalue weighted by Gasteiger charge is -2.51. The number of alkyl halides is 9. The average molecular weight is 1540 g/mol. The van der Waals surface area contributed by atoms with Crippen LogP contribution in [-0.4, -0.2) is 112 Å². The van der Waals surface area contributed by atoms with Crippen LogP contribution in [0.1, 0.15) is 177 Å². The number of aliphatic hydroxyl groups is 5. The van der Waals surface area contributed by atoms with Crippen molar-refractivity contribution in [3.05, 3.63) is 307 Å². The van der Waals surface area contributed by atoms with Crippen molar-refractivity contribution >= 4 is 36.0 Å². The minimum atomic E-state index is -4.90. The van der Waals surface area contributed by atoms with Gasteiger partial charge in [-0.3, -0.25) is 34.1 Å². The van der Waals surface area contributed by atoms with E-state index in [-0.39, 0.29) is 86.3 Å². The quantitative estimate of drug-likeness (QED) is 0.0257. The molecule has 0 unspecified atom stereocenters. The van der Waals surface area contributed by atoms with Crippen LogP contribution >= 0.6 is 0 Å². The van der Waals surface area contributed by atoms with Crippen molar-refractivity contribution in [3.8, 4) is 0 Å². The van der Waals surface area contributed by atoms with E-state index in [1.165, 1.54) is 6.07 Å². The largest absolute Gasteiger partial charge is 0.417 e. The number of aromatic nitrogens is 3. The van der Waals surface area contributed by atoms with Gasteiger partial charge in [-0.1, -0.05) is 158 Å². The molecule has 4 aliphatic carbocycles. The van der Waals surface area contributed by atoms with E-state index in [1.54, 1.807) is 104 Å². The van der Waals surface area contributed by atoms with E-state index in [9.17, 15) is 89.0 Å². The summed E-state index contributed by atoms with van der Waals surface area (Å²) in [4.78, 5) is 76.5. The zero-order valence-corrected chi connectivity index (χ0v) is 62.1. The number of aryl methyl sites for hydroxylation is 3. The van der Waals surface area contributed by atoms with Crippen LogP contribution in [0, 0.1) is 38.5 Å². The van der Waals surface area contributed by atoms with Gasteiger partial charge in [0.1, 0.15) is 12.6 Å². The number of nitrogens with zero attached hydrogens (tertiary/aromatic N) is 3. The lowest BCUT2D eigenvalue weighted by molar-refractivity contribution is -0.280. The molecule has 5 N–H and O–H groups in total. The molecule has 22 heteroatoms. The van der Waals surface area contributed by atoms with Crippen molar-refractivity contribution in [2.75, 3.05) is 6.61 Å². The summed E-state index contributed by atoms with van der Waals surface area (Å²) in [6, 6.07) is 53.8. The Morgan fingerprint density at radius 2 is 0.830 bits per heavy atom. The van der Waals surface area contributed by atoms with E-state index in [2.05, 4.69) is 15.0 Å². The van der Waals surface area contributed by atoms with Gasteiger partial charge in [0.05, 0.1) is 6.61 Å².